The van der Waals surface area contributed by atoms with E-state index in [4.69, 9.17) is 9.73 Å². The van der Waals surface area contributed by atoms with Crippen LogP contribution >= 0.6 is 0 Å². The number of ether oxygens (including phenoxy) is 1. The molecule has 0 spiro atoms. The van der Waals surface area contributed by atoms with Crippen LogP contribution in [0.1, 0.15) is 52.3 Å². The van der Waals surface area contributed by atoms with Crippen LogP contribution < -0.4 is 10.6 Å². The second kappa shape index (κ2) is 11.1. The van der Waals surface area contributed by atoms with Crippen molar-refractivity contribution in [2.75, 3.05) is 26.2 Å². The number of aromatic nitrogens is 3. The standard InChI is InChI=1S/C18H34N6O/c1-4-17-23-22-14-24(17)11-10-20-18(19-9-8-15(2)3)21-13-16-7-5-6-12-25-16/h14-16H,4-13H2,1-3H3,(H2,19,20,21). The maximum atomic E-state index is 5.78. The van der Waals surface area contributed by atoms with E-state index in [1.165, 1.54) is 12.8 Å². The summed E-state index contributed by atoms with van der Waals surface area (Å²) in [5, 5.41) is 15.0. The molecule has 0 aliphatic carbocycles. The molecule has 0 radical (unpaired) electrons. The average molecular weight is 351 g/mol. The molecule has 0 saturated carbocycles. The van der Waals surface area contributed by atoms with Gasteiger partial charge in [-0.2, -0.15) is 0 Å². The van der Waals surface area contributed by atoms with Gasteiger partial charge in [-0.05, 0) is 31.6 Å². The molecule has 0 bridgehead atoms. The number of aliphatic imine (C=N–C) groups is 1. The van der Waals surface area contributed by atoms with Crippen molar-refractivity contribution in [1.29, 1.82) is 0 Å². The molecular formula is C18H34N6O. The number of nitrogens with one attached hydrogen (secondary N) is 2. The predicted molar refractivity (Wildman–Crippen MR) is 101 cm³/mol. The van der Waals surface area contributed by atoms with Crippen LogP contribution in [0.25, 0.3) is 0 Å². The van der Waals surface area contributed by atoms with Crippen LogP contribution in [0, 0.1) is 5.92 Å². The first-order valence-corrected chi connectivity index (χ1v) is 9.69. The molecule has 2 N–H and O–H groups in total. The Kier molecular flexibility index (Phi) is 8.72. The lowest BCUT2D eigenvalue weighted by atomic mass is 10.1. The van der Waals surface area contributed by atoms with Gasteiger partial charge in [-0.3, -0.25) is 4.99 Å². The summed E-state index contributed by atoms with van der Waals surface area (Å²) in [6.45, 7) is 10.7. The highest BCUT2D eigenvalue weighted by atomic mass is 16.5. The third kappa shape index (κ3) is 7.42. The highest BCUT2D eigenvalue weighted by Gasteiger charge is 2.13. The first kappa shape index (κ1) is 19.7. The van der Waals surface area contributed by atoms with Gasteiger partial charge in [0.1, 0.15) is 12.2 Å². The molecule has 2 rings (SSSR count). The van der Waals surface area contributed by atoms with Gasteiger partial charge >= 0.3 is 0 Å². The molecule has 25 heavy (non-hydrogen) atoms. The molecule has 0 aromatic carbocycles. The number of hydrogen-bond donors (Lipinski definition) is 2. The summed E-state index contributed by atoms with van der Waals surface area (Å²) in [5.74, 6) is 2.57. The van der Waals surface area contributed by atoms with E-state index in [1.54, 1.807) is 6.33 Å². The zero-order valence-corrected chi connectivity index (χ0v) is 16.0. The van der Waals surface area contributed by atoms with Crippen LogP contribution in [-0.4, -0.2) is 53.1 Å². The van der Waals surface area contributed by atoms with Crippen LogP contribution in [0.5, 0.6) is 0 Å². The smallest absolute Gasteiger partial charge is 0.191 e. The zero-order valence-electron chi connectivity index (χ0n) is 16.0. The van der Waals surface area contributed by atoms with Crippen molar-refractivity contribution >= 4 is 5.96 Å². The van der Waals surface area contributed by atoms with E-state index in [1.807, 2.05) is 0 Å². The summed E-state index contributed by atoms with van der Waals surface area (Å²) >= 11 is 0. The van der Waals surface area contributed by atoms with Crippen molar-refractivity contribution in [2.45, 2.75) is 65.5 Å². The molecule has 1 aromatic rings. The summed E-state index contributed by atoms with van der Waals surface area (Å²) in [6.07, 6.45) is 7.62. The number of guanidine groups is 1. The summed E-state index contributed by atoms with van der Waals surface area (Å²) in [6, 6.07) is 0. The molecule has 1 saturated heterocycles. The molecule has 2 heterocycles. The van der Waals surface area contributed by atoms with Gasteiger partial charge in [0.15, 0.2) is 5.96 Å². The van der Waals surface area contributed by atoms with Gasteiger partial charge < -0.3 is 19.9 Å². The second-order valence-corrected chi connectivity index (χ2v) is 7.01. The molecule has 1 unspecified atom stereocenters. The first-order chi connectivity index (χ1) is 12.2. The Morgan fingerprint density at radius 1 is 1.36 bits per heavy atom. The average Bonchev–Trinajstić information content (AvgIpc) is 3.07. The first-order valence-electron chi connectivity index (χ1n) is 9.69. The fourth-order valence-electron chi connectivity index (χ4n) is 2.83. The third-order valence-corrected chi connectivity index (χ3v) is 4.40. The van der Waals surface area contributed by atoms with E-state index in [-0.39, 0.29) is 6.10 Å². The number of hydrogen-bond acceptors (Lipinski definition) is 4. The topological polar surface area (TPSA) is 76.4 Å². The van der Waals surface area contributed by atoms with Crippen molar-refractivity contribution in [2.24, 2.45) is 10.9 Å². The molecule has 1 atom stereocenters. The molecule has 0 amide bonds. The minimum Gasteiger partial charge on any atom is -0.376 e. The van der Waals surface area contributed by atoms with Crippen molar-refractivity contribution < 1.29 is 4.74 Å². The van der Waals surface area contributed by atoms with Crippen molar-refractivity contribution in [3.8, 4) is 0 Å². The van der Waals surface area contributed by atoms with Crippen LogP contribution in [0.15, 0.2) is 11.3 Å². The second-order valence-electron chi connectivity index (χ2n) is 7.01. The highest BCUT2D eigenvalue weighted by molar-refractivity contribution is 5.79. The number of aryl methyl sites for hydroxylation is 1. The zero-order chi connectivity index (χ0) is 17.9. The van der Waals surface area contributed by atoms with E-state index in [0.29, 0.717) is 5.92 Å². The Labute approximate surface area is 151 Å². The monoisotopic (exact) mass is 350 g/mol. The van der Waals surface area contributed by atoms with Crippen LogP contribution in [0.3, 0.4) is 0 Å². The third-order valence-electron chi connectivity index (χ3n) is 4.40. The van der Waals surface area contributed by atoms with E-state index in [2.05, 4.69) is 46.2 Å². The maximum Gasteiger partial charge on any atom is 0.191 e. The Morgan fingerprint density at radius 3 is 2.92 bits per heavy atom. The lowest BCUT2D eigenvalue weighted by molar-refractivity contribution is 0.0224. The van der Waals surface area contributed by atoms with E-state index in [9.17, 15) is 0 Å². The minimum absolute atomic E-state index is 0.266. The SMILES string of the molecule is CCc1nncn1CCNC(=NCC1CCCCO1)NCCC(C)C. The molecule has 7 heteroatoms. The Bertz CT molecular complexity index is 507. The lowest BCUT2D eigenvalue weighted by Gasteiger charge is -2.21. The molecule has 7 nitrogen and oxygen atoms in total. The Hall–Kier alpha value is -1.63. The molecule has 1 aromatic heterocycles. The van der Waals surface area contributed by atoms with Crippen molar-refractivity contribution in [1.82, 2.24) is 25.4 Å². The van der Waals surface area contributed by atoms with Crippen LogP contribution in [0.4, 0.5) is 0 Å². The fourth-order valence-corrected chi connectivity index (χ4v) is 2.83. The summed E-state index contributed by atoms with van der Waals surface area (Å²) in [4.78, 5) is 4.73. The summed E-state index contributed by atoms with van der Waals surface area (Å²) < 4.78 is 7.87. The number of rotatable bonds is 9. The number of nitrogens with zero attached hydrogens (tertiary/aromatic N) is 4. The summed E-state index contributed by atoms with van der Waals surface area (Å²) in [7, 11) is 0. The van der Waals surface area contributed by atoms with Crippen LogP contribution in [0.2, 0.25) is 0 Å². The molecule has 1 aliphatic heterocycles. The largest absolute Gasteiger partial charge is 0.376 e. The van der Waals surface area contributed by atoms with Gasteiger partial charge in [0.25, 0.3) is 0 Å². The molecule has 142 valence electrons. The predicted octanol–water partition coefficient (Wildman–Crippen LogP) is 1.99. The Balaban J connectivity index is 1.81. The fraction of sp³-hybridized carbons (Fsp3) is 0.833. The summed E-state index contributed by atoms with van der Waals surface area (Å²) in [5.41, 5.74) is 0. The van der Waals surface area contributed by atoms with Gasteiger partial charge in [0, 0.05) is 32.7 Å². The Morgan fingerprint density at radius 2 is 2.20 bits per heavy atom. The lowest BCUT2D eigenvalue weighted by Crippen LogP contribution is -2.40. The molecule has 1 fully saturated rings. The molecular weight excluding hydrogens is 316 g/mol. The van der Waals surface area contributed by atoms with Gasteiger partial charge in [0.2, 0.25) is 0 Å². The molecule has 1 aliphatic rings. The highest BCUT2D eigenvalue weighted by Crippen LogP contribution is 2.12. The van der Waals surface area contributed by atoms with Gasteiger partial charge in [-0.1, -0.05) is 20.8 Å². The van der Waals surface area contributed by atoms with E-state index in [0.717, 1.165) is 63.8 Å². The van der Waals surface area contributed by atoms with Gasteiger partial charge in [-0.15, -0.1) is 10.2 Å². The minimum atomic E-state index is 0.266. The quantitative estimate of drug-likeness (QED) is 0.526. The maximum absolute atomic E-state index is 5.78. The van der Waals surface area contributed by atoms with Crippen molar-refractivity contribution in [3.63, 3.8) is 0 Å². The van der Waals surface area contributed by atoms with Crippen molar-refractivity contribution in [3.05, 3.63) is 12.2 Å². The normalized spacial score (nSPS) is 18.6. The van der Waals surface area contributed by atoms with E-state index >= 15 is 0 Å². The van der Waals surface area contributed by atoms with Crippen LogP contribution in [-0.2, 0) is 17.7 Å². The van der Waals surface area contributed by atoms with Gasteiger partial charge in [-0.25, -0.2) is 0 Å². The van der Waals surface area contributed by atoms with E-state index < -0.39 is 0 Å². The van der Waals surface area contributed by atoms with Gasteiger partial charge in [0.05, 0.1) is 12.6 Å².